The smallest absolute Gasteiger partial charge is 0.265 e. The molecule has 0 aliphatic rings. The average Bonchev–Trinajstić information content (AvgIpc) is 2.36. The molecule has 1 heterocycles. The van der Waals surface area contributed by atoms with Crippen LogP contribution in [0.4, 0.5) is 0 Å². The molecule has 7 nitrogen and oxygen atoms in total. The summed E-state index contributed by atoms with van der Waals surface area (Å²) in [7, 11) is 0. The first-order chi connectivity index (χ1) is 8.24. The van der Waals surface area contributed by atoms with E-state index in [4.69, 9.17) is 5.21 Å². The Morgan fingerprint density at radius 2 is 2.18 bits per heavy atom. The zero-order chi connectivity index (χ0) is 12.5. The summed E-state index contributed by atoms with van der Waals surface area (Å²) in [4.78, 5) is 26.1. The van der Waals surface area contributed by atoms with Gasteiger partial charge in [0.25, 0.3) is 11.8 Å². The lowest BCUT2D eigenvalue weighted by molar-refractivity contribution is -0.114. The maximum atomic E-state index is 11.5. The van der Waals surface area contributed by atoms with E-state index in [1.165, 1.54) is 6.20 Å². The Bertz CT molecular complexity index is 405. The van der Waals surface area contributed by atoms with Gasteiger partial charge < -0.3 is 15.8 Å². The Labute approximate surface area is 97.5 Å². The molecule has 0 aromatic carbocycles. The van der Waals surface area contributed by atoms with Crippen LogP contribution in [0.2, 0.25) is 0 Å². The zero-order valence-electron chi connectivity index (χ0n) is 8.96. The number of carbonyl (C=O) groups is 2. The van der Waals surface area contributed by atoms with Crippen molar-refractivity contribution < 1.29 is 14.8 Å². The number of pyridine rings is 1. The largest absolute Gasteiger partial charge is 0.411 e. The first kappa shape index (κ1) is 12.6. The number of hydrogen-bond donors (Lipinski definition) is 3. The van der Waals surface area contributed by atoms with Gasteiger partial charge in [0.1, 0.15) is 6.21 Å². The van der Waals surface area contributed by atoms with Crippen molar-refractivity contribution in [2.45, 2.75) is 0 Å². The van der Waals surface area contributed by atoms with Crippen LogP contribution in [-0.2, 0) is 4.79 Å². The summed E-state index contributed by atoms with van der Waals surface area (Å²) in [6.07, 6.45) is 3.76. The molecule has 1 rings (SSSR count). The third-order valence-electron chi connectivity index (χ3n) is 1.81. The van der Waals surface area contributed by atoms with E-state index in [0.717, 1.165) is 6.21 Å². The van der Waals surface area contributed by atoms with Crippen molar-refractivity contribution in [3.05, 3.63) is 30.1 Å². The molecule has 0 fully saturated rings. The molecular weight excluding hydrogens is 224 g/mol. The lowest BCUT2D eigenvalue weighted by atomic mass is 10.3. The molecular formula is C10H12N4O3. The average molecular weight is 236 g/mol. The predicted molar refractivity (Wildman–Crippen MR) is 59.9 cm³/mol. The molecule has 90 valence electrons. The van der Waals surface area contributed by atoms with Gasteiger partial charge in [0.2, 0.25) is 0 Å². The van der Waals surface area contributed by atoms with E-state index < -0.39 is 5.91 Å². The molecule has 0 atom stereocenters. The zero-order valence-corrected chi connectivity index (χ0v) is 8.96. The number of rotatable bonds is 5. The van der Waals surface area contributed by atoms with Gasteiger partial charge in [-0.2, -0.15) is 0 Å². The van der Waals surface area contributed by atoms with Gasteiger partial charge in [-0.05, 0) is 12.1 Å². The lowest BCUT2D eigenvalue weighted by Gasteiger charge is -2.04. The minimum atomic E-state index is -0.525. The number of carbonyl (C=O) groups excluding carboxylic acids is 2. The first-order valence-corrected chi connectivity index (χ1v) is 4.87. The quantitative estimate of drug-likeness (QED) is 0.274. The maximum absolute atomic E-state index is 11.5. The number of oxime groups is 1. The molecule has 0 spiro atoms. The molecule has 17 heavy (non-hydrogen) atoms. The van der Waals surface area contributed by atoms with Crippen LogP contribution < -0.4 is 10.6 Å². The van der Waals surface area contributed by atoms with Crippen LogP contribution in [-0.4, -0.2) is 41.3 Å². The molecule has 1 aromatic rings. The molecule has 1 aromatic heterocycles. The number of nitrogens with one attached hydrogen (secondary N) is 2. The van der Waals surface area contributed by atoms with Gasteiger partial charge in [-0.25, -0.2) is 0 Å². The van der Waals surface area contributed by atoms with E-state index in [2.05, 4.69) is 20.8 Å². The highest BCUT2D eigenvalue weighted by Gasteiger charge is 2.03. The van der Waals surface area contributed by atoms with Crippen LogP contribution in [0.15, 0.2) is 29.7 Å². The molecule has 3 N–H and O–H groups in total. The molecule has 0 unspecified atom stereocenters. The number of aromatic nitrogens is 1. The first-order valence-electron chi connectivity index (χ1n) is 4.87. The minimum Gasteiger partial charge on any atom is -0.411 e. The highest BCUT2D eigenvalue weighted by atomic mass is 16.4. The number of hydrogen-bond acceptors (Lipinski definition) is 5. The summed E-state index contributed by atoms with van der Waals surface area (Å²) in [5.41, 5.74) is 0.454. The van der Waals surface area contributed by atoms with Crippen LogP contribution in [0.5, 0.6) is 0 Å². The van der Waals surface area contributed by atoms with Crippen molar-refractivity contribution in [3.8, 4) is 0 Å². The Morgan fingerprint density at radius 3 is 2.82 bits per heavy atom. The summed E-state index contributed by atoms with van der Waals surface area (Å²) >= 11 is 0. The van der Waals surface area contributed by atoms with Crippen LogP contribution >= 0.6 is 0 Å². The highest BCUT2D eigenvalue weighted by Crippen LogP contribution is 1.93. The third kappa shape index (κ3) is 4.74. The fraction of sp³-hybridized carbons (Fsp3) is 0.200. The number of amides is 2. The summed E-state index contributed by atoms with van der Waals surface area (Å²) in [5.74, 6) is -0.786. The van der Waals surface area contributed by atoms with Gasteiger partial charge >= 0.3 is 0 Å². The second-order valence-electron chi connectivity index (χ2n) is 3.03. The third-order valence-corrected chi connectivity index (χ3v) is 1.81. The fourth-order valence-electron chi connectivity index (χ4n) is 1.06. The molecule has 0 aliphatic carbocycles. The summed E-state index contributed by atoms with van der Waals surface area (Å²) in [5, 5.41) is 15.6. The Hall–Kier alpha value is -2.44. The van der Waals surface area contributed by atoms with Crippen molar-refractivity contribution in [2.75, 3.05) is 13.1 Å². The van der Waals surface area contributed by atoms with Gasteiger partial charge in [0.05, 0.1) is 5.56 Å². The lowest BCUT2D eigenvalue weighted by Crippen LogP contribution is -2.35. The van der Waals surface area contributed by atoms with E-state index in [0.29, 0.717) is 5.56 Å². The fourth-order valence-corrected chi connectivity index (χ4v) is 1.06. The Balaban J connectivity index is 2.24. The summed E-state index contributed by atoms with van der Waals surface area (Å²) < 4.78 is 0. The SMILES string of the molecule is O=C(/C=N\O)NCCNC(=O)c1cccnc1. The van der Waals surface area contributed by atoms with Crippen molar-refractivity contribution in [1.29, 1.82) is 0 Å². The van der Waals surface area contributed by atoms with Crippen molar-refractivity contribution in [3.63, 3.8) is 0 Å². The van der Waals surface area contributed by atoms with E-state index in [1.54, 1.807) is 18.3 Å². The molecule has 7 heteroatoms. The molecule has 0 radical (unpaired) electrons. The van der Waals surface area contributed by atoms with E-state index in [1.807, 2.05) is 0 Å². The standard InChI is InChI=1S/C10H12N4O3/c15-9(7-14-17)12-4-5-13-10(16)8-2-1-3-11-6-8/h1-3,6-7,17H,4-5H2,(H,12,15)(H,13,16)/b14-7-. The van der Waals surface area contributed by atoms with Crippen LogP contribution in [0.25, 0.3) is 0 Å². The molecule has 0 saturated carbocycles. The summed E-state index contributed by atoms with van der Waals surface area (Å²) in [6, 6.07) is 3.30. The van der Waals surface area contributed by atoms with E-state index >= 15 is 0 Å². The monoisotopic (exact) mass is 236 g/mol. The minimum absolute atomic E-state index is 0.247. The van der Waals surface area contributed by atoms with Gasteiger partial charge in [-0.1, -0.05) is 5.16 Å². The van der Waals surface area contributed by atoms with Gasteiger partial charge in [0.15, 0.2) is 0 Å². The van der Waals surface area contributed by atoms with Crippen LogP contribution in [0.3, 0.4) is 0 Å². The molecule has 0 bridgehead atoms. The molecule has 0 aliphatic heterocycles. The second kappa shape index (κ2) is 6.94. The van der Waals surface area contributed by atoms with E-state index in [9.17, 15) is 9.59 Å². The van der Waals surface area contributed by atoms with Gasteiger partial charge in [-0.3, -0.25) is 14.6 Å². The maximum Gasteiger partial charge on any atom is 0.265 e. The van der Waals surface area contributed by atoms with Crippen molar-refractivity contribution in [1.82, 2.24) is 15.6 Å². The van der Waals surface area contributed by atoms with E-state index in [-0.39, 0.29) is 19.0 Å². The highest BCUT2D eigenvalue weighted by molar-refractivity contribution is 6.25. The predicted octanol–water partition coefficient (Wildman–Crippen LogP) is -0.612. The molecule has 0 saturated heterocycles. The second-order valence-corrected chi connectivity index (χ2v) is 3.03. The number of nitrogens with zero attached hydrogens (tertiary/aromatic N) is 2. The normalized spacial score (nSPS) is 10.1. The van der Waals surface area contributed by atoms with Gasteiger partial charge in [0, 0.05) is 25.5 Å². The van der Waals surface area contributed by atoms with Gasteiger partial charge in [-0.15, -0.1) is 0 Å². The molecule has 2 amide bonds. The summed E-state index contributed by atoms with van der Waals surface area (Å²) in [6.45, 7) is 0.523. The van der Waals surface area contributed by atoms with Crippen molar-refractivity contribution in [2.24, 2.45) is 5.16 Å². The topological polar surface area (TPSA) is 104 Å². The van der Waals surface area contributed by atoms with Crippen LogP contribution in [0, 0.1) is 0 Å². The Morgan fingerprint density at radius 1 is 1.41 bits per heavy atom. The Kier molecular flexibility index (Phi) is 5.15. The van der Waals surface area contributed by atoms with Crippen molar-refractivity contribution >= 4 is 18.0 Å². The van der Waals surface area contributed by atoms with Crippen LogP contribution in [0.1, 0.15) is 10.4 Å².